The zero-order chi connectivity index (χ0) is 21.1. The molecule has 7 nitrogen and oxygen atoms in total. The zero-order valence-corrected chi connectivity index (χ0v) is 18.6. The molecule has 0 aromatic rings. The smallest absolute Gasteiger partial charge is 0.408 e. The van der Waals surface area contributed by atoms with Crippen molar-refractivity contribution >= 4 is 12.1 Å². The number of nitrogens with zero attached hydrogens (tertiary/aromatic N) is 1. The summed E-state index contributed by atoms with van der Waals surface area (Å²) >= 11 is 0. The topological polar surface area (TPSA) is 77.1 Å². The van der Waals surface area contributed by atoms with E-state index in [9.17, 15) is 9.59 Å². The van der Waals surface area contributed by atoms with Crippen LogP contribution in [-0.4, -0.2) is 66.6 Å². The van der Waals surface area contributed by atoms with Gasteiger partial charge in [0.1, 0.15) is 5.60 Å². The van der Waals surface area contributed by atoms with Crippen LogP contribution in [0.1, 0.15) is 72.6 Å². The number of carbonyl (C=O) groups is 2. The van der Waals surface area contributed by atoms with Crippen molar-refractivity contribution in [2.24, 2.45) is 5.92 Å². The average molecular weight is 411 g/mol. The first-order chi connectivity index (χ1) is 13.6. The largest absolute Gasteiger partial charge is 0.465 e. The molecule has 1 aliphatic carbocycles. The Morgan fingerprint density at radius 2 is 1.79 bits per heavy atom. The predicted octanol–water partition coefficient (Wildman–Crippen LogP) is 3.26. The van der Waals surface area contributed by atoms with Crippen molar-refractivity contribution in [1.29, 1.82) is 0 Å². The number of amides is 1. The van der Waals surface area contributed by atoms with E-state index < -0.39 is 5.60 Å². The predicted molar refractivity (Wildman–Crippen MR) is 110 cm³/mol. The van der Waals surface area contributed by atoms with E-state index in [2.05, 4.69) is 10.2 Å². The van der Waals surface area contributed by atoms with Crippen LogP contribution < -0.4 is 5.32 Å². The number of piperidine rings is 1. The van der Waals surface area contributed by atoms with Gasteiger partial charge in [0.05, 0.1) is 30.9 Å². The highest BCUT2D eigenvalue weighted by Gasteiger charge is 2.51. The maximum absolute atomic E-state index is 12.2. The fraction of sp³-hybridized carbons (Fsp3) is 0.909. The molecule has 7 heteroatoms. The number of alkyl carbamates (subject to hydrolysis) is 1. The molecule has 4 aliphatic rings. The second-order valence-corrected chi connectivity index (χ2v) is 10.1. The maximum atomic E-state index is 12.2. The average Bonchev–Trinajstić information content (AvgIpc) is 2.63. The van der Waals surface area contributed by atoms with Gasteiger partial charge >= 0.3 is 12.1 Å². The van der Waals surface area contributed by atoms with E-state index in [1.807, 2.05) is 27.7 Å². The lowest BCUT2D eigenvalue weighted by Gasteiger charge is -2.54. The van der Waals surface area contributed by atoms with Gasteiger partial charge in [0.25, 0.3) is 0 Å². The molecule has 2 bridgehead atoms. The van der Waals surface area contributed by atoms with E-state index in [1.54, 1.807) is 0 Å². The van der Waals surface area contributed by atoms with Gasteiger partial charge in [0.15, 0.2) is 0 Å². The van der Waals surface area contributed by atoms with E-state index in [1.165, 1.54) is 0 Å². The Morgan fingerprint density at radius 3 is 2.31 bits per heavy atom. The number of rotatable bonds is 6. The third kappa shape index (κ3) is 6.07. The zero-order valence-electron chi connectivity index (χ0n) is 18.6. The number of fused-ring (bicyclic) bond motifs is 3. The van der Waals surface area contributed by atoms with Gasteiger partial charge in [-0.15, -0.1) is 0 Å². The second kappa shape index (κ2) is 8.80. The molecule has 0 aromatic heterocycles. The summed E-state index contributed by atoms with van der Waals surface area (Å²) in [7, 11) is 0. The summed E-state index contributed by atoms with van der Waals surface area (Å²) < 4.78 is 16.9. The van der Waals surface area contributed by atoms with E-state index >= 15 is 0 Å². The fourth-order valence-electron chi connectivity index (χ4n) is 4.97. The van der Waals surface area contributed by atoms with E-state index in [0.717, 1.165) is 58.0 Å². The SMILES string of the molecule is CCOC(=O)CN1CCC(CC23CCC(NC(=O)OC(C)(C)C)(CC2)CO3)CC1. The third-order valence-electron chi connectivity index (χ3n) is 6.56. The number of ether oxygens (including phenoxy) is 3. The van der Waals surface area contributed by atoms with Gasteiger partial charge in [-0.05, 0) is 91.6 Å². The first-order valence-electron chi connectivity index (χ1n) is 11.2. The first-order valence-corrected chi connectivity index (χ1v) is 11.2. The molecule has 0 radical (unpaired) electrons. The monoisotopic (exact) mass is 410 g/mol. The summed E-state index contributed by atoms with van der Waals surface area (Å²) in [4.78, 5) is 26.1. The lowest BCUT2D eigenvalue weighted by Crippen LogP contribution is -2.63. The molecule has 1 saturated carbocycles. The Labute approximate surface area is 174 Å². The molecule has 1 amide bonds. The molecule has 3 saturated heterocycles. The highest BCUT2D eigenvalue weighted by atomic mass is 16.6. The van der Waals surface area contributed by atoms with Gasteiger partial charge in [-0.1, -0.05) is 0 Å². The van der Waals surface area contributed by atoms with Crippen LogP contribution in [0.15, 0.2) is 0 Å². The molecular formula is C22H38N2O5. The first kappa shape index (κ1) is 22.3. The fourth-order valence-corrected chi connectivity index (χ4v) is 4.97. The summed E-state index contributed by atoms with van der Waals surface area (Å²) in [5.74, 6) is 0.513. The lowest BCUT2D eigenvalue weighted by atomic mass is 9.67. The number of hydrogen-bond acceptors (Lipinski definition) is 6. The lowest BCUT2D eigenvalue weighted by molar-refractivity contribution is -0.171. The summed E-state index contributed by atoms with van der Waals surface area (Å²) in [5.41, 5.74) is -0.796. The molecule has 0 spiro atoms. The number of carbonyl (C=O) groups excluding carboxylic acids is 2. The van der Waals surface area contributed by atoms with Crippen LogP contribution in [0.2, 0.25) is 0 Å². The van der Waals surface area contributed by atoms with Crippen LogP contribution in [-0.2, 0) is 19.0 Å². The molecular weight excluding hydrogens is 372 g/mol. The van der Waals surface area contributed by atoms with Crippen LogP contribution in [0.5, 0.6) is 0 Å². The minimum atomic E-state index is -0.489. The number of nitrogens with one attached hydrogen (secondary N) is 1. The highest BCUT2D eigenvalue weighted by molar-refractivity contribution is 5.71. The number of likely N-dealkylation sites (tertiary alicyclic amines) is 1. The molecule has 29 heavy (non-hydrogen) atoms. The van der Waals surface area contributed by atoms with Gasteiger partial charge in [0.2, 0.25) is 0 Å². The standard InChI is InChI=1S/C22H38N2O5/c1-5-27-18(25)15-24-12-6-17(7-13-24)14-22-10-8-21(9-11-22,16-28-22)23-19(26)29-20(2,3)4/h17H,5-16H2,1-4H3,(H,23,26). The van der Waals surface area contributed by atoms with Crippen LogP contribution in [0.25, 0.3) is 0 Å². The van der Waals surface area contributed by atoms with Crippen LogP contribution in [0, 0.1) is 5.92 Å². The van der Waals surface area contributed by atoms with Gasteiger partial charge < -0.3 is 19.5 Å². The Morgan fingerprint density at radius 1 is 1.14 bits per heavy atom. The van der Waals surface area contributed by atoms with E-state index in [-0.39, 0.29) is 23.2 Å². The normalized spacial score (nSPS) is 30.8. The van der Waals surface area contributed by atoms with E-state index in [0.29, 0.717) is 25.7 Å². The van der Waals surface area contributed by atoms with Gasteiger partial charge in [0, 0.05) is 0 Å². The van der Waals surface area contributed by atoms with Crippen LogP contribution in [0.4, 0.5) is 4.79 Å². The summed E-state index contributed by atoms with van der Waals surface area (Å²) in [6, 6.07) is 0. The minimum absolute atomic E-state index is 0.0364. The highest BCUT2D eigenvalue weighted by Crippen LogP contribution is 2.47. The minimum Gasteiger partial charge on any atom is -0.465 e. The molecule has 1 N–H and O–H groups in total. The molecule has 0 atom stereocenters. The number of hydrogen-bond donors (Lipinski definition) is 1. The van der Waals surface area contributed by atoms with E-state index in [4.69, 9.17) is 14.2 Å². The van der Waals surface area contributed by atoms with Crippen molar-refractivity contribution in [2.45, 2.75) is 89.4 Å². The van der Waals surface area contributed by atoms with Crippen molar-refractivity contribution < 1.29 is 23.8 Å². The Balaban J connectivity index is 1.43. The Kier molecular flexibility index (Phi) is 6.78. The quantitative estimate of drug-likeness (QED) is 0.678. The van der Waals surface area contributed by atoms with Crippen molar-refractivity contribution in [3.05, 3.63) is 0 Å². The van der Waals surface area contributed by atoms with Crippen molar-refractivity contribution in [2.75, 3.05) is 32.8 Å². The van der Waals surface area contributed by atoms with Crippen LogP contribution in [0.3, 0.4) is 0 Å². The van der Waals surface area contributed by atoms with Crippen molar-refractivity contribution in [3.8, 4) is 0 Å². The Bertz CT molecular complexity index is 568. The molecule has 166 valence electrons. The summed E-state index contributed by atoms with van der Waals surface area (Å²) in [6.07, 6.45) is 6.84. The van der Waals surface area contributed by atoms with Gasteiger partial charge in [-0.25, -0.2) is 4.79 Å². The molecule has 0 aromatic carbocycles. The Hall–Kier alpha value is -1.34. The molecule has 3 aliphatic heterocycles. The molecule has 4 rings (SSSR count). The molecule has 4 fully saturated rings. The summed E-state index contributed by atoms with van der Waals surface area (Å²) in [5, 5.41) is 3.10. The van der Waals surface area contributed by atoms with Crippen molar-refractivity contribution in [1.82, 2.24) is 10.2 Å². The maximum Gasteiger partial charge on any atom is 0.408 e. The molecule has 0 unspecified atom stereocenters. The third-order valence-corrected chi connectivity index (χ3v) is 6.56. The van der Waals surface area contributed by atoms with Gasteiger partial charge in [-0.3, -0.25) is 9.69 Å². The second-order valence-electron chi connectivity index (χ2n) is 10.1. The van der Waals surface area contributed by atoms with Gasteiger partial charge in [-0.2, -0.15) is 0 Å². The van der Waals surface area contributed by atoms with Crippen molar-refractivity contribution in [3.63, 3.8) is 0 Å². The summed E-state index contributed by atoms with van der Waals surface area (Å²) in [6.45, 7) is 10.8. The molecule has 3 heterocycles. The number of esters is 1. The van der Waals surface area contributed by atoms with Crippen LogP contribution >= 0.6 is 0 Å².